The van der Waals surface area contributed by atoms with E-state index in [1.807, 2.05) is 0 Å². The lowest BCUT2D eigenvalue weighted by atomic mass is 10.2. The maximum Gasteiger partial charge on any atom is 0.259 e. The van der Waals surface area contributed by atoms with Crippen molar-refractivity contribution in [2.45, 2.75) is 31.4 Å². The minimum absolute atomic E-state index is 0.0456. The van der Waals surface area contributed by atoms with E-state index in [4.69, 9.17) is 16.3 Å². The molecule has 2 N–H and O–H groups in total. The Morgan fingerprint density at radius 1 is 1.41 bits per heavy atom. The molecule has 1 aromatic carbocycles. The van der Waals surface area contributed by atoms with E-state index in [1.165, 1.54) is 10.4 Å². The van der Waals surface area contributed by atoms with Gasteiger partial charge in [-0.05, 0) is 43.0 Å². The van der Waals surface area contributed by atoms with Gasteiger partial charge in [0.2, 0.25) is 5.91 Å². The summed E-state index contributed by atoms with van der Waals surface area (Å²) in [7, 11) is 1.54. The van der Waals surface area contributed by atoms with Crippen LogP contribution in [0.2, 0.25) is 5.02 Å². The SMILES string of the molecule is COc1ccc(Cl)cc1NC(=O)CCSCc1nc2sc3c(c2c(=O)[nH]1)CCC3. The van der Waals surface area contributed by atoms with E-state index in [0.717, 1.165) is 29.5 Å². The van der Waals surface area contributed by atoms with Gasteiger partial charge >= 0.3 is 0 Å². The summed E-state index contributed by atoms with van der Waals surface area (Å²) in [6, 6.07) is 5.08. The Hall–Kier alpha value is -2.03. The molecule has 1 amide bonds. The first-order valence-electron chi connectivity index (χ1n) is 9.29. The molecule has 1 aliphatic carbocycles. The molecule has 0 atom stereocenters. The van der Waals surface area contributed by atoms with Crippen LogP contribution in [0.3, 0.4) is 0 Å². The molecule has 1 aliphatic rings. The number of benzene rings is 1. The molecule has 9 heteroatoms. The highest BCUT2D eigenvalue weighted by Gasteiger charge is 2.21. The number of hydrogen-bond donors (Lipinski definition) is 2. The minimum Gasteiger partial charge on any atom is -0.495 e. The third-order valence-corrected chi connectivity index (χ3v) is 7.16. The zero-order chi connectivity index (χ0) is 20.4. The largest absolute Gasteiger partial charge is 0.495 e. The Labute approximate surface area is 181 Å². The van der Waals surface area contributed by atoms with E-state index in [-0.39, 0.29) is 11.5 Å². The number of methoxy groups -OCH3 is 1. The van der Waals surface area contributed by atoms with Gasteiger partial charge in [0.05, 0.1) is 23.9 Å². The average molecular weight is 450 g/mol. The van der Waals surface area contributed by atoms with Crippen molar-refractivity contribution in [2.24, 2.45) is 0 Å². The molecular formula is C20H20ClN3O3S2. The van der Waals surface area contributed by atoms with E-state index in [0.29, 0.717) is 40.2 Å². The number of ether oxygens (including phenoxy) is 1. The van der Waals surface area contributed by atoms with Gasteiger partial charge in [-0.2, -0.15) is 11.8 Å². The van der Waals surface area contributed by atoms with E-state index in [2.05, 4.69) is 15.3 Å². The number of halogens is 1. The van der Waals surface area contributed by atoms with Gasteiger partial charge in [0.15, 0.2) is 0 Å². The Bertz CT molecular complexity index is 1130. The Morgan fingerprint density at radius 2 is 2.28 bits per heavy atom. The van der Waals surface area contributed by atoms with Crippen molar-refractivity contribution in [1.29, 1.82) is 0 Å². The minimum atomic E-state index is -0.121. The molecule has 29 heavy (non-hydrogen) atoms. The fourth-order valence-electron chi connectivity index (χ4n) is 3.44. The highest BCUT2D eigenvalue weighted by atomic mass is 35.5. The summed E-state index contributed by atoms with van der Waals surface area (Å²) in [5, 5.41) is 4.12. The average Bonchev–Trinajstić information content (AvgIpc) is 3.26. The molecule has 2 heterocycles. The van der Waals surface area contributed by atoms with Crippen LogP contribution in [-0.4, -0.2) is 28.7 Å². The van der Waals surface area contributed by atoms with Gasteiger partial charge in [0, 0.05) is 22.1 Å². The van der Waals surface area contributed by atoms with E-state index >= 15 is 0 Å². The number of aromatic amines is 1. The molecular weight excluding hydrogens is 430 g/mol. The first kappa shape index (κ1) is 20.3. The standard InChI is InChI=1S/C20H20ClN3O3S2/c1-27-14-6-5-11(21)9-13(14)22-17(25)7-8-28-10-16-23-19(26)18-12-3-2-4-15(12)29-20(18)24-16/h5-6,9H,2-4,7-8,10H2,1H3,(H,22,25)(H,23,24,26). The number of H-pyrrole nitrogens is 1. The topological polar surface area (TPSA) is 84.1 Å². The number of anilines is 1. The summed E-state index contributed by atoms with van der Waals surface area (Å²) in [6.07, 6.45) is 3.48. The van der Waals surface area contributed by atoms with E-state index in [1.54, 1.807) is 48.4 Å². The molecule has 0 spiro atoms. The van der Waals surface area contributed by atoms with Crippen LogP contribution in [0, 0.1) is 0 Å². The van der Waals surface area contributed by atoms with E-state index in [9.17, 15) is 9.59 Å². The highest BCUT2D eigenvalue weighted by molar-refractivity contribution is 7.98. The van der Waals surface area contributed by atoms with Gasteiger partial charge in [-0.25, -0.2) is 4.98 Å². The highest BCUT2D eigenvalue weighted by Crippen LogP contribution is 2.34. The van der Waals surface area contributed by atoms with Gasteiger partial charge in [0.25, 0.3) is 5.56 Å². The number of nitrogens with zero attached hydrogens (tertiary/aromatic N) is 1. The van der Waals surface area contributed by atoms with Gasteiger partial charge in [-0.15, -0.1) is 11.3 Å². The van der Waals surface area contributed by atoms with E-state index < -0.39 is 0 Å². The summed E-state index contributed by atoms with van der Waals surface area (Å²) in [4.78, 5) is 34.3. The van der Waals surface area contributed by atoms with Crippen molar-refractivity contribution >= 4 is 56.5 Å². The van der Waals surface area contributed by atoms with Gasteiger partial charge in [0.1, 0.15) is 16.4 Å². The predicted molar refractivity (Wildman–Crippen MR) is 120 cm³/mol. The fourth-order valence-corrected chi connectivity index (χ4v) is 5.70. The molecule has 0 aliphatic heterocycles. The summed E-state index contributed by atoms with van der Waals surface area (Å²) < 4.78 is 5.23. The summed E-state index contributed by atoms with van der Waals surface area (Å²) in [5.74, 6) is 2.26. The smallest absolute Gasteiger partial charge is 0.259 e. The lowest BCUT2D eigenvalue weighted by Crippen LogP contribution is -2.13. The summed E-state index contributed by atoms with van der Waals surface area (Å²) in [5.41, 5.74) is 1.69. The number of thiophene rings is 1. The number of aromatic nitrogens is 2. The van der Waals surface area contributed by atoms with Crippen LogP contribution in [0.1, 0.15) is 29.1 Å². The lowest BCUT2D eigenvalue weighted by molar-refractivity contribution is -0.115. The maximum atomic E-state index is 12.5. The number of amides is 1. The van der Waals surface area contributed by atoms with Crippen LogP contribution in [0.25, 0.3) is 10.2 Å². The molecule has 0 unspecified atom stereocenters. The number of nitrogens with one attached hydrogen (secondary N) is 2. The van der Waals surface area contributed by atoms with Crippen LogP contribution < -0.4 is 15.6 Å². The quantitative estimate of drug-likeness (QED) is 0.522. The van der Waals surface area contributed by atoms with Crippen molar-refractivity contribution in [3.63, 3.8) is 0 Å². The second kappa shape index (κ2) is 8.77. The zero-order valence-corrected chi connectivity index (χ0v) is 18.2. The van der Waals surface area contributed by atoms with Gasteiger partial charge in [-0.1, -0.05) is 11.6 Å². The predicted octanol–water partition coefficient (Wildman–Crippen LogP) is 4.40. The van der Waals surface area contributed by atoms with Crippen molar-refractivity contribution in [3.05, 3.63) is 49.8 Å². The number of hydrogen-bond acceptors (Lipinski definition) is 6. The first-order chi connectivity index (χ1) is 14.0. The third kappa shape index (κ3) is 4.44. The number of rotatable bonds is 7. The number of thioether (sulfide) groups is 1. The zero-order valence-electron chi connectivity index (χ0n) is 15.8. The van der Waals surface area contributed by atoms with Crippen molar-refractivity contribution < 1.29 is 9.53 Å². The lowest BCUT2D eigenvalue weighted by Gasteiger charge is -2.10. The van der Waals surface area contributed by atoms with Crippen molar-refractivity contribution in [2.75, 3.05) is 18.2 Å². The number of fused-ring (bicyclic) bond motifs is 3. The van der Waals surface area contributed by atoms with Gasteiger partial charge < -0.3 is 15.0 Å². The molecule has 4 rings (SSSR count). The second-order valence-corrected chi connectivity index (χ2v) is 9.37. The molecule has 0 fully saturated rings. The summed E-state index contributed by atoms with van der Waals surface area (Å²) in [6.45, 7) is 0. The van der Waals surface area contributed by atoms with Crippen LogP contribution in [-0.2, 0) is 23.4 Å². The number of aryl methyl sites for hydroxylation is 2. The molecule has 0 radical (unpaired) electrons. The molecule has 0 bridgehead atoms. The molecule has 0 saturated carbocycles. The fraction of sp³-hybridized carbons (Fsp3) is 0.350. The Kier molecular flexibility index (Phi) is 6.12. The van der Waals surface area contributed by atoms with Crippen LogP contribution in [0.15, 0.2) is 23.0 Å². The summed E-state index contributed by atoms with van der Waals surface area (Å²) >= 11 is 9.18. The molecule has 0 saturated heterocycles. The normalized spacial score (nSPS) is 12.9. The molecule has 152 valence electrons. The van der Waals surface area contributed by atoms with Gasteiger partial charge in [-0.3, -0.25) is 9.59 Å². The monoisotopic (exact) mass is 449 g/mol. The van der Waals surface area contributed by atoms with Crippen LogP contribution in [0.5, 0.6) is 5.75 Å². The maximum absolute atomic E-state index is 12.5. The molecule has 3 aromatic rings. The second-order valence-electron chi connectivity index (χ2n) is 6.75. The van der Waals surface area contributed by atoms with Crippen molar-refractivity contribution in [3.8, 4) is 5.75 Å². The Morgan fingerprint density at radius 3 is 3.10 bits per heavy atom. The number of carbonyl (C=O) groups is 1. The number of carbonyl (C=O) groups excluding carboxylic acids is 1. The Balaban J connectivity index is 1.32. The first-order valence-corrected chi connectivity index (χ1v) is 11.6. The molecule has 6 nitrogen and oxygen atoms in total. The van der Waals surface area contributed by atoms with Crippen LogP contribution in [0.4, 0.5) is 5.69 Å². The molecule has 2 aromatic heterocycles. The van der Waals surface area contributed by atoms with Crippen LogP contribution >= 0.6 is 34.7 Å². The van der Waals surface area contributed by atoms with Crippen molar-refractivity contribution in [1.82, 2.24) is 9.97 Å². The third-order valence-electron chi connectivity index (χ3n) is 4.77.